The number of nitrogens with zero attached hydrogens (tertiary/aromatic N) is 2. The number of hydrogen-bond acceptors (Lipinski definition) is 3. The molecule has 1 atom stereocenters. The number of hydrogen-bond donors (Lipinski definition) is 2. The van der Waals surface area contributed by atoms with Gasteiger partial charge in [-0.15, -0.1) is 0 Å². The quantitative estimate of drug-likeness (QED) is 0.863. The highest BCUT2D eigenvalue weighted by Crippen LogP contribution is 2.18. The normalized spacial score (nSPS) is 17.7. The molecule has 1 heterocycles. The fraction of sp³-hybridized carbons (Fsp3) is 0.429. The van der Waals surface area contributed by atoms with Gasteiger partial charge in [0.15, 0.2) is 0 Å². The molecule has 0 aliphatic carbocycles. The number of carbonyl (C=O) groups is 2. The van der Waals surface area contributed by atoms with E-state index in [1.54, 1.807) is 0 Å². The topological polar surface area (TPSA) is 81.1 Å². The first-order chi connectivity index (χ1) is 9.58. The van der Waals surface area contributed by atoms with Crippen LogP contribution in [0.5, 0.6) is 0 Å². The average Bonchev–Trinajstić information content (AvgIpc) is 2.46. The Bertz CT molecular complexity index is 469. The molecule has 0 saturated carbocycles. The SMILES string of the molecule is O=C(O)C(CN1CCN(C(=O)O)CC1)c1ccccc1. The number of amides is 1. The van der Waals surface area contributed by atoms with Gasteiger partial charge in [0.2, 0.25) is 0 Å². The molecule has 1 aromatic carbocycles. The van der Waals surface area contributed by atoms with Crippen LogP contribution in [0.2, 0.25) is 0 Å². The summed E-state index contributed by atoms with van der Waals surface area (Å²) in [7, 11) is 0. The van der Waals surface area contributed by atoms with Crippen molar-refractivity contribution < 1.29 is 19.8 Å². The minimum absolute atomic E-state index is 0.410. The van der Waals surface area contributed by atoms with Gasteiger partial charge in [-0.05, 0) is 5.56 Å². The van der Waals surface area contributed by atoms with Gasteiger partial charge in [0.05, 0.1) is 5.92 Å². The first-order valence-corrected chi connectivity index (χ1v) is 6.56. The Labute approximate surface area is 117 Å². The number of carboxylic acid groups (broad SMARTS) is 2. The zero-order chi connectivity index (χ0) is 14.5. The highest BCUT2D eigenvalue weighted by atomic mass is 16.4. The van der Waals surface area contributed by atoms with Crippen molar-refractivity contribution in [3.63, 3.8) is 0 Å². The number of carboxylic acids is 1. The van der Waals surface area contributed by atoms with Gasteiger partial charge in [0.25, 0.3) is 0 Å². The highest BCUT2D eigenvalue weighted by Gasteiger charge is 2.26. The van der Waals surface area contributed by atoms with Crippen LogP contribution in [0.1, 0.15) is 11.5 Å². The fourth-order valence-corrected chi connectivity index (χ4v) is 2.39. The van der Waals surface area contributed by atoms with Gasteiger partial charge >= 0.3 is 12.1 Å². The number of aliphatic carboxylic acids is 1. The summed E-state index contributed by atoms with van der Waals surface area (Å²) in [5.74, 6) is -1.43. The smallest absolute Gasteiger partial charge is 0.407 e. The molecule has 108 valence electrons. The third-order valence-electron chi connectivity index (χ3n) is 3.58. The summed E-state index contributed by atoms with van der Waals surface area (Å²) in [5.41, 5.74) is 0.778. The van der Waals surface area contributed by atoms with Crippen LogP contribution in [-0.2, 0) is 4.79 Å². The molecule has 1 aliphatic rings. The van der Waals surface area contributed by atoms with Gasteiger partial charge in [-0.1, -0.05) is 30.3 Å². The van der Waals surface area contributed by atoms with Crippen LogP contribution in [0.15, 0.2) is 30.3 Å². The van der Waals surface area contributed by atoms with Crippen LogP contribution in [0.25, 0.3) is 0 Å². The molecule has 1 aliphatic heterocycles. The third kappa shape index (κ3) is 3.48. The molecule has 1 aromatic rings. The fourth-order valence-electron chi connectivity index (χ4n) is 2.39. The average molecular weight is 278 g/mol. The van der Waals surface area contributed by atoms with Gasteiger partial charge in [-0.3, -0.25) is 9.69 Å². The Balaban J connectivity index is 1.97. The van der Waals surface area contributed by atoms with Gasteiger partial charge < -0.3 is 15.1 Å². The Morgan fingerprint density at radius 2 is 1.65 bits per heavy atom. The maximum absolute atomic E-state index is 11.4. The molecular weight excluding hydrogens is 260 g/mol. The van der Waals surface area contributed by atoms with Gasteiger partial charge in [-0.2, -0.15) is 0 Å². The van der Waals surface area contributed by atoms with Crippen LogP contribution < -0.4 is 0 Å². The second kappa shape index (κ2) is 6.38. The van der Waals surface area contributed by atoms with Gasteiger partial charge in [-0.25, -0.2) is 4.79 Å². The van der Waals surface area contributed by atoms with Crippen molar-refractivity contribution >= 4 is 12.1 Å². The molecule has 20 heavy (non-hydrogen) atoms. The lowest BCUT2D eigenvalue weighted by Gasteiger charge is -2.34. The summed E-state index contributed by atoms with van der Waals surface area (Å²) in [6.45, 7) is 2.41. The number of rotatable bonds is 4. The Morgan fingerprint density at radius 3 is 2.15 bits per heavy atom. The molecule has 1 unspecified atom stereocenters. The molecule has 0 bridgehead atoms. The molecule has 1 saturated heterocycles. The zero-order valence-corrected chi connectivity index (χ0v) is 11.1. The predicted octanol–water partition coefficient (Wildman–Crippen LogP) is 1.15. The summed E-state index contributed by atoms with van der Waals surface area (Å²) in [4.78, 5) is 25.6. The summed E-state index contributed by atoms with van der Waals surface area (Å²) < 4.78 is 0. The molecule has 0 spiro atoms. The van der Waals surface area contributed by atoms with E-state index in [0.717, 1.165) is 5.56 Å². The van der Waals surface area contributed by atoms with E-state index in [1.807, 2.05) is 35.2 Å². The van der Waals surface area contributed by atoms with Crippen molar-refractivity contribution in [1.29, 1.82) is 0 Å². The van der Waals surface area contributed by atoms with Crippen LogP contribution in [0.3, 0.4) is 0 Å². The molecular formula is C14H18N2O4. The summed E-state index contributed by atoms with van der Waals surface area (Å²) in [5, 5.41) is 18.3. The zero-order valence-electron chi connectivity index (χ0n) is 11.1. The van der Waals surface area contributed by atoms with Crippen molar-refractivity contribution in [3.05, 3.63) is 35.9 Å². The minimum Gasteiger partial charge on any atom is -0.481 e. The van der Waals surface area contributed by atoms with E-state index >= 15 is 0 Å². The Morgan fingerprint density at radius 1 is 1.05 bits per heavy atom. The standard InChI is InChI=1S/C14H18N2O4/c17-13(18)12(11-4-2-1-3-5-11)10-15-6-8-16(9-7-15)14(19)20/h1-5,12H,6-10H2,(H,17,18)(H,19,20). The minimum atomic E-state index is -0.914. The predicted molar refractivity (Wildman–Crippen MR) is 72.9 cm³/mol. The maximum atomic E-state index is 11.4. The molecule has 1 fully saturated rings. The molecule has 0 radical (unpaired) electrons. The first kappa shape index (κ1) is 14.3. The van der Waals surface area contributed by atoms with Crippen LogP contribution in [0, 0.1) is 0 Å². The van der Waals surface area contributed by atoms with E-state index < -0.39 is 18.0 Å². The van der Waals surface area contributed by atoms with Crippen LogP contribution in [-0.4, -0.2) is 64.8 Å². The summed E-state index contributed by atoms with van der Waals surface area (Å²) in [6.07, 6.45) is -0.914. The van der Waals surface area contributed by atoms with Gasteiger partial charge in [0, 0.05) is 32.7 Å². The van der Waals surface area contributed by atoms with E-state index in [0.29, 0.717) is 32.7 Å². The van der Waals surface area contributed by atoms with Crippen LogP contribution in [0.4, 0.5) is 4.79 Å². The number of benzene rings is 1. The largest absolute Gasteiger partial charge is 0.481 e. The van der Waals surface area contributed by atoms with Crippen molar-refractivity contribution in [2.24, 2.45) is 0 Å². The van der Waals surface area contributed by atoms with Crippen molar-refractivity contribution in [2.75, 3.05) is 32.7 Å². The van der Waals surface area contributed by atoms with E-state index in [1.165, 1.54) is 4.90 Å². The second-order valence-electron chi connectivity index (χ2n) is 4.87. The first-order valence-electron chi connectivity index (χ1n) is 6.56. The second-order valence-corrected chi connectivity index (χ2v) is 4.87. The third-order valence-corrected chi connectivity index (χ3v) is 3.58. The lowest BCUT2D eigenvalue weighted by molar-refractivity contribution is -0.139. The Kier molecular flexibility index (Phi) is 4.57. The van der Waals surface area contributed by atoms with Gasteiger partial charge in [0.1, 0.15) is 0 Å². The van der Waals surface area contributed by atoms with E-state index in [9.17, 15) is 14.7 Å². The van der Waals surface area contributed by atoms with E-state index in [-0.39, 0.29) is 0 Å². The van der Waals surface area contributed by atoms with Crippen molar-refractivity contribution in [3.8, 4) is 0 Å². The van der Waals surface area contributed by atoms with E-state index in [2.05, 4.69) is 0 Å². The molecule has 1 amide bonds. The molecule has 0 aromatic heterocycles. The maximum Gasteiger partial charge on any atom is 0.407 e. The van der Waals surface area contributed by atoms with Crippen molar-refractivity contribution in [1.82, 2.24) is 9.80 Å². The highest BCUT2D eigenvalue weighted by molar-refractivity contribution is 5.76. The summed E-state index contributed by atoms with van der Waals surface area (Å²) >= 11 is 0. The van der Waals surface area contributed by atoms with Crippen LogP contribution >= 0.6 is 0 Å². The lowest BCUT2D eigenvalue weighted by Crippen LogP contribution is -2.49. The molecule has 2 rings (SSSR count). The Hall–Kier alpha value is -2.08. The molecule has 6 nitrogen and oxygen atoms in total. The lowest BCUT2D eigenvalue weighted by atomic mass is 9.98. The number of piperazine rings is 1. The van der Waals surface area contributed by atoms with Crippen molar-refractivity contribution in [2.45, 2.75) is 5.92 Å². The molecule has 6 heteroatoms. The monoisotopic (exact) mass is 278 g/mol. The molecule has 2 N–H and O–H groups in total. The van der Waals surface area contributed by atoms with E-state index in [4.69, 9.17) is 5.11 Å². The summed E-state index contributed by atoms with van der Waals surface area (Å²) in [6, 6.07) is 9.13.